The molecule has 7 aromatic rings. The Morgan fingerprint density at radius 2 is 1.26 bits per heavy atom. The highest BCUT2D eigenvalue weighted by atomic mass is 15.1. The molecule has 0 bridgehead atoms. The van der Waals surface area contributed by atoms with E-state index in [1.54, 1.807) is 0 Å². The van der Waals surface area contributed by atoms with E-state index >= 15 is 0 Å². The van der Waals surface area contributed by atoms with Gasteiger partial charge in [-0.2, -0.15) is 0 Å². The van der Waals surface area contributed by atoms with E-state index in [1.807, 2.05) is 0 Å². The molecule has 0 saturated carbocycles. The smallest absolute Gasteiger partial charge is 0.0541 e. The van der Waals surface area contributed by atoms with Crippen LogP contribution in [-0.4, -0.2) is 4.57 Å². The number of para-hydroxylation sites is 2. The molecule has 0 spiro atoms. The molecule has 228 valence electrons. The second-order valence-electron chi connectivity index (χ2n) is 13.0. The third kappa shape index (κ3) is 4.72. The van der Waals surface area contributed by atoms with Crippen LogP contribution in [0, 0.1) is 0 Å². The summed E-state index contributed by atoms with van der Waals surface area (Å²) in [5.74, 6) is 0. The number of fused-ring (bicyclic) bond motifs is 6. The van der Waals surface area contributed by atoms with Crippen molar-refractivity contribution in [3.8, 4) is 27.9 Å². The Labute approximate surface area is 277 Å². The summed E-state index contributed by atoms with van der Waals surface area (Å²) in [5.41, 5.74) is 14.9. The molecule has 0 unspecified atom stereocenters. The van der Waals surface area contributed by atoms with Crippen LogP contribution in [0.2, 0.25) is 0 Å². The van der Waals surface area contributed by atoms with Crippen molar-refractivity contribution in [3.05, 3.63) is 175 Å². The van der Waals surface area contributed by atoms with Crippen LogP contribution < -0.4 is 4.90 Å². The maximum atomic E-state index is 2.40. The molecule has 1 heterocycles. The molecule has 0 fully saturated rings. The summed E-state index contributed by atoms with van der Waals surface area (Å²) in [6, 6.07) is 51.1. The van der Waals surface area contributed by atoms with Crippen molar-refractivity contribution < 1.29 is 0 Å². The van der Waals surface area contributed by atoms with E-state index in [9.17, 15) is 0 Å². The van der Waals surface area contributed by atoms with E-state index in [4.69, 9.17) is 0 Å². The number of benzene rings is 6. The van der Waals surface area contributed by atoms with Crippen molar-refractivity contribution in [1.82, 2.24) is 4.57 Å². The average molecular weight is 607 g/mol. The summed E-state index contributed by atoms with van der Waals surface area (Å²) in [7, 11) is 0. The molecular formula is C45H38N2. The van der Waals surface area contributed by atoms with Gasteiger partial charge in [0, 0.05) is 38.9 Å². The van der Waals surface area contributed by atoms with Crippen molar-refractivity contribution in [2.45, 2.75) is 33.1 Å². The van der Waals surface area contributed by atoms with Gasteiger partial charge in [0.15, 0.2) is 0 Å². The number of allylic oxidation sites excluding steroid dienone is 4. The molecule has 0 N–H and O–H groups in total. The van der Waals surface area contributed by atoms with Crippen LogP contribution in [0.4, 0.5) is 11.4 Å². The maximum Gasteiger partial charge on any atom is 0.0541 e. The Hall–Kier alpha value is -5.60. The predicted molar refractivity (Wildman–Crippen MR) is 201 cm³/mol. The Kier molecular flexibility index (Phi) is 6.95. The molecule has 47 heavy (non-hydrogen) atoms. The van der Waals surface area contributed by atoms with Crippen LogP contribution >= 0.6 is 0 Å². The lowest BCUT2D eigenvalue weighted by Crippen LogP contribution is -2.18. The SMILES string of the molecule is C/C=C\C=C(/C)N(c1ccc(-c2ccc3c(c2)c2ccccc2n3-c2ccccc2)cc1)c1ccc2c(c1)C(C)(C)c1ccccc1-2. The first kappa shape index (κ1) is 28.8. The van der Waals surface area contributed by atoms with Crippen molar-refractivity contribution >= 4 is 33.2 Å². The van der Waals surface area contributed by atoms with Crippen LogP contribution in [0.5, 0.6) is 0 Å². The lowest BCUT2D eigenvalue weighted by molar-refractivity contribution is 0.660. The van der Waals surface area contributed by atoms with Gasteiger partial charge in [0.25, 0.3) is 0 Å². The van der Waals surface area contributed by atoms with Gasteiger partial charge in [-0.05, 0) is 108 Å². The van der Waals surface area contributed by atoms with Gasteiger partial charge in [0.1, 0.15) is 0 Å². The molecule has 0 radical (unpaired) electrons. The summed E-state index contributed by atoms with van der Waals surface area (Å²) in [5, 5.41) is 2.53. The Balaban J connectivity index is 1.20. The van der Waals surface area contributed by atoms with Gasteiger partial charge in [0.2, 0.25) is 0 Å². The number of hydrogen-bond donors (Lipinski definition) is 0. The number of nitrogens with zero attached hydrogens (tertiary/aromatic N) is 2. The standard InChI is InChI=1S/C45H38N2/c1-5-6-14-31(2)46(36-26-27-38-37-17-10-12-19-41(37)45(3,4)42(38)30-36)35-24-21-32(22-25-35)33-23-28-44-40(29-33)39-18-11-13-20-43(39)47(44)34-15-8-7-9-16-34/h5-30H,1-4H3/b6-5-,31-14+. The molecular weight excluding hydrogens is 569 g/mol. The lowest BCUT2D eigenvalue weighted by atomic mass is 9.82. The molecule has 8 rings (SSSR count). The Morgan fingerprint density at radius 3 is 2.06 bits per heavy atom. The number of aromatic nitrogens is 1. The van der Waals surface area contributed by atoms with Gasteiger partial charge < -0.3 is 9.47 Å². The minimum atomic E-state index is -0.0549. The molecule has 1 aliphatic rings. The topological polar surface area (TPSA) is 8.17 Å². The van der Waals surface area contributed by atoms with Gasteiger partial charge in [-0.1, -0.05) is 111 Å². The predicted octanol–water partition coefficient (Wildman–Crippen LogP) is 12.4. The molecule has 1 aliphatic carbocycles. The average Bonchev–Trinajstić information content (AvgIpc) is 3.56. The second kappa shape index (κ2) is 11.3. The fourth-order valence-corrected chi connectivity index (χ4v) is 7.51. The minimum Gasteiger partial charge on any atom is -0.315 e. The molecule has 0 aliphatic heterocycles. The molecule has 2 nitrogen and oxygen atoms in total. The lowest BCUT2D eigenvalue weighted by Gasteiger charge is -2.28. The zero-order chi connectivity index (χ0) is 32.1. The van der Waals surface area contributed by atoms with Gasteiger partial charge in [-0.15, -0.1) is 0 Å². The molecule has 0 amide bonds. The maximum absolute atomic E-state index is 2.40. The molecule has 2 heteroatoms. The summed E-state index contributed by atoms with van der Waals surface area (Å²) < 4.78 is 2.37. The summed E-state index contributed by atoms with van der Waals surface area (Å²) in [4.78, 5) is 2.37. The first-order valence-corrected chi connectivity index (χ1v) is 16.5. The third-order valence-electron chi connectivity index (χ3n) is 9.85. The van der Waals surface area contributed by atoms with E-state index in [0.29, 0.717) is 0 Å². The van der Waals surface area contributed by atoms with Crippen LogP contribution in [-0.2, 0) is 5.41 Å². The van der Waals surface area contributed by atoms with E-state index in [1.165, 1.54) is 72.3 Å². The summed E-state index contributed by atoms with van der Waals surface area (Å²) in [6.07, 6.45) is 6.39. The quantitative estimate of drug-likeness (QED) is 0.171. The molecule has 1 aromatic heterocycles. The second-order valence-corrected chi connectivity index (χ2v) is 13.0. The fraction of sp³-hybridized carbons (Fsp3) is 0.111. The van der Waals surface area contributed by atoms with E-state index in [0.717, 1.165) is 5.69 Å². The highest BCUT2D eigenvalue weighted by Gasteiger charge is 2.35. The summed E-state index contributed by atoms with van der Waals surface area (Å²) in [6.45, 7) is 8.94. The normalized spacial score (nSPS) is 13.7. The zero-order valence-electron chi connectivity index (χ0n) is 27.4. The van der Waals surface area contributed by atoms with E-state index in [2.05, 4.69) is 195 Å². The number of anilines is 2. The molecule has 0 atom stereocenters. The van der Waals surface area contributed by atoms with Gasteiger partial charge >= 0.3 is 0 Å². The molecule has 0 saturated heterocycles. The zero-order valence-corrected chi connectivity index (χ0v) is 27.4. The monoisotopic (exact) mass is 606 g/mol. The van der Waals surface area contributed by atoms with Crippen molar-refractivity contribution in [3.63, 3.8) is 0 Å². The fourth-order valence-electron chi connectivity index (χ4n) is 7.51. The van der Waals surface area contributed by atoms with Gasteiger partial charge in [0.05, 0.1) is 11.0 Å². The number of hydrogen-bond acceptors (Lipinski definition) is 1. The summed E-state index contributed by atoms with van der Waals surface area (Å²) >= 11 is 0. The van der Waals surface area contributed by atoms with Gasteiger partial charge in [-0.3, -0.25) is 0 Å². The van der Waals surface area contributed by atoms with Crippen LogP contribution in [0.1, 0.15) is 38.8 Å². The largest absolute Gasteiger partial charge is 0.315 e. The Bertz CT molecular complexity index is 2330. The third-order valence-corrected chi connectivity index (χ3v) is 9.85. The highest BCUT2D eigenvalue weighted by molar-refractivity contribution is 6.10. The van der Waals surface area contributed by atoms with Crippen LogP contribution in [0.15, 0.2) is 163 Å². The Morgan fingerprint density at radius 1 is 0.596 bits per heavy atom. The van der Waals surface area contributed by atoms with Crippen molar-refractivity contribution in [2.24, 2.45) is 0 Å². The van der Waals surface area contributed by atoms with Gasteiger partial charge in [-0.25, -0.2) is 0 Å². The van der Waals surface area contributed by atoms with E-state index < -0.39 is 0 Å². The minimum absolute atomic E-state index is 0.0549. The van der Waals surface area contributed by atoms with Crippen molar-refractivity contribution in [2.75, 3.05) is 4.90 Å². The van der Waals surface area contributed by atoms with E-state index in [-0.39, 0.29) is 5.41 Å². The first-order valence-electron chi connectivity index (χ1n) is 16.5. The first-order chi connectivity index (χ1) is 23.0. The van der Waals surface area contributed by atoms with Crippen LogP contribution in [0.3, 0.4) is 0 Å². The molecule has 6 aromatic carbocycles. The van der Waals surface area contributed by atoms with Crippen LogP contribution in [0.25, 0.3) is 49.7 Å². The highest BCUT2D eigenvalue weighted by Crippen LogP contribution is 2.50. The number of rotatable bonds is 6. The van der Waals surface area contributed by atoms with Crippen molar-refractivity contribution in [1.29, 1.82) is 0 Å².